The van der Waals surface area contributed by atoms with Gasteiger partial charge in [-0.05, 0) is 17.7 Å². The van der Waals surface area contributed by atoms with Crippen LogP contribution in [0.1, 0.15) is 11.4 Å². The van der Waals surface area contributed by atoms with Gasteiger partial charge in [-0.1, -0.05) is 34.1 Å². The van der Waals surface area contributed by atoms with Crippen molar-refractivity contribution < 1.29 is 4.74 Å². The molecule has 2 aromatic heterocycles. The van der Waals surface area contributed by atoms with Crippen molar-refractivity contribution in [1.82, 2.24) is 14.6 Å². The van der Waals surface area contributed by atoms with Crippen LogP contribution in [0, 0.1) is 0 Å². The zero-order valence-electron chi connectivity index (χ0n) is 10.4. The summed E-state index contributed by atoms with van der Waals surface area (Å²) in [6.45, 7) is 0. The Kier molecular flexibility index (Phi) is 3.21. The van der Waals surface area contributed by atoms with Gasteiger partial charge in [-0.15, -0.1) is 10.2 Å². The van der Waals surface area contributed by atoms with Gasteiger partial charge in [0.2, 0.25) is 0 Å². The maximum atomic E-state index is 5.18. The smallest absolute Gasteiger partial charge is 0.164 e. The second-order valence-electron chi connectivity index (χ2n) is 4.18. The number of methoxy groups -OCH3 is 1. The molecule has 0 aliphatic carbocycles. The van der Waals surface area contributed by atoms with Crippen LogP contribution < -0.4 is 4.74 Å². The van der Waals surface area contributed by atoms with Gasteiger partial charge in [0.15, 0.2) is 5.65 Å². The van der Waals surface area contributed by atoms with E-state index in [9.17, 15) is 0 Å². The number of fused-ring (bicyclic) bond motifs is 1. The molecule has 3 rings (SSSR count). The fourth-order valence-electron chi connectivity index (χ4n) is 1.98. The Morgan fingerprint density at radius 2 is 2.05 bits per heavy atom. The van der Waals surface area contributed by atoms with Crippen LogP contribution in [0.25, 0.3) is 5.65 Å². The minimum atomic E-state index is 0.731. The number of halogens is 1. The molecule has 0 radical (unpaired) electrons. The summed E-state index contributed by atoms with van der Waals surface area (Å²) >= 11 is 3.55. The normalized spacial score (nSPS) is 10.8. The molecule has 0 saturated heterocycles. The number of pyridine rings is 1. The van der Waals surface area contributed by atoms with Crippen molar-refractivity contribution in [1.29, 1.82) is 0 Å². The average Bonchev–Trinajstić information content (AvgIpc) is 2.83. The number of hydrogen-bond donors (Lipinski definition) is 0. The van der Waals surface area contributed by atoms with Gasteiger partial charge in [-0.3, -0.25) is 4.40 Å². The first-order valence-corrected chi connectivity index (χ1v) is 6.68. The lowest BCUT2D eigenvalue weighted by molar-refractivity contribution is 0.414. The van der Waals surface area contributed by atoms with E-state index >= 15 is 0 Å². The van der Waals surface area contributed by atoms with Crippen molar-refractivity contribution in [3.63, 3.8) is 0 Å². The van der Waals surface area contributed by atoms with Crippen molar-refractivity contribution in [3.05, 3.63) is 58.5 Å². The average molecular weight is 318 g/mol. The second-order valence-corrected chi connectivity index (χ2v) is 5.03. The minimum Gasteiger partial charge on any atom is -0.497 e. The van der Waals surface area contributed by atoms with E-state index in [4.69, 9.17) is 4.74 Å². The summed E-state index contributed by atoms with van der Waals surface area (Å²) in [6, 6.07) is 11.9. The monoisotopic (exact) mass is 317 g/mol. The summed E-state index contributed by atoms with van der Waals surface area (Å²) in [5.74, 6) is 1.69. The summed E-state index contributed by atoms with van der Waals surface area (Å²) in [5, 5.41) is 8.41. The van der Waals surface area contributed by atoms with Crippen molar-refractivity contribution >= 4 is 21.6 Å². The van der Waals surface area contributed by atoms with Gasteiger partial charge in [0.25, 0.3) is 0 Å². The van der Waals surface area contributed by atoms with E-state index in [0.717, 1.165) is 28.1 Å². The Morgan fingerprint density at radius 3 is 2.84 bits per heavy atom. The number of rotatable bonds is 3. The van der Waals surface area contributed by atoms with Crippen molar-refractivity contribution in [2.45, 2.75) is 6.42 Å². The molecule has 0 N–H and O–H groups in total. The molecule has 19 heavy (non-hydrogen) atoms. The summed E-state index contributed by atoms with van der Waals surface area (Å²) in [5.41, 5.74) is 1.98. The lowest BCUT2D eigenvalue weighted by Gasteiger charge is -2.04. The Morgan fingerprint density at radius 1 is 1.21 bits per heavy atom. The predicted molar refractivity (Wildman–Crippen MR) is 76.5 cm³/mol. The summed E-state index contributed by atoms with van der Waals surface area (Å²) in [7, 11) is 1.64. The standard InChI is InChI=1S/C14H12BrN3O/c1-19-11-6-7-18-13(16-17-14(18)9-11)8-10-4-2-3-5-12(10)15/h2-7,9H,8H2,1H3. The van der Waals surface area contributed by atoms with Crippen molar-refractivity contribution in [3.8, 4) is 5.75 Å². The molecule has 0 spiro atoms. The van der Waals surface area contributed by atoms with E-state index in [1.807, 2.05) is 40.9 Å². The van der Waals surface area contributed by atoms with Crippen LogP contribution in [0.2, 0.25) is 0 Å². The van der Waals surface area contributed by atoms with Gasteiger partial charge in [-0.25, -0.2) is 0 Å². The first-order chi connectivity index (χ1) is 9.28. The summed E-state index contributed by atoms with van der Waals surface area (Å²) in [6.07, 6.45) is 2.66. The molecule has 3 aromatic rings. The van der Waals surface area contributed by atoms with Crippen LogP contribution in [0.4, 0.5) is 0 Å². The van der Waals surface area contributed by atoms with Crippen LogP contribution in [-0.4, -0.2) is 21.7 Å². The largest absolute Gasteiger partial charge is 0.497 e. The zero-order valence-corrected chi connectivity index (χ0v) is 12.0. The topological polar surface area (TPSA) is 39.4 Å². The highest BCUT2D eigenvalue weighted by atomic mass is 79.9. The molecule has 0 aliphatic rings. The third-order valence-electron chi connectivity index (χ3n) is 2.99. The highest BCUT2D eigenvalue weighted by Crippen LogP contribution is 2.20. The lowest BCUT2D eigenvalue weighted by Crippen LogP contribution is -1.97. The van der Waals surface area contributed by atoms with E-state index in [0.29, 0.717) is 0 Å². The number of aromatic nitrogens is 3. The van der Waals surface area contributed by atoms with Gasteiger partial charge >= 0.3 is 0 Å². The maximum absolute atomic E-state index is 5.18. The Hall–Kier alpha value is -1.88. The number of hydrogen-bond acceptors (Lipinski definition) is 3. The molecular formula is C14H12BrN3O. The highest BCUT2D eigenvalue weighted by Gasteiger charge is 2.08. The lowest BCUT2D eigenvalue weighted by atomic mass is 10.1. The van der Waals surface area contributed by atoms with E-state index < -0.39 is 0 Å². The minimum absolute atomic E-state index is 0.731. The summed E-state index contributed by atoms with van der Waals surface area (Å²) in [4.78, 5) is 0. The van der Waals surface area contributed by atoms with Crippen LogP contribution in [-0.2, 0) is 6.42 Å². The number of ether oxygens (including phenoxy) is 1. The molecule has 0 atom stereocenters. The third-order valence-corrected chi connectivity index (χ3v) is 3.77. The maximum Gasteiger partial charge on any atom is 0.164 e. The Balaban J connectivity index is 2.00. The Bertz CT molecular complexity index is 724. The molecule has 1 aromatic carbocycles. The van der Waals surface area contributed by atoms with E-state index in [1.165, 1.54) is 5.56 Å². The molecule has 96 valence electrons. The fraction of sp³-hybridized carbons (Fsp3) is 0.143. The van der Waals surface area contributed by atoms with Gasteiger partial charge in [0.1, 0.15) is 11.6 Å². The second kappa shape index (κ2) is 5.01. The quantitative estimate of drug-likeness (QED) is 0.745. The first-order valence-electron chi connectivity index (χ1n) is 5.89. The van der Waals surface area contributed by atoms with Crippen LogP contribution in [0.15, 0.2) is 47.1 Å². The highest BCUT2D eigenvalue weighted by molar-refractivity contribution is 9.10. The fourth-order valence-corrected chi connectivity index (χ4v) is 2.41. The van der Waals surface area contributed by atoms with Crippen molar-refractivity contribution in [2.75, 3.05) is 7.11 Å². The molecular weight excluding hydrogens is 306 g/mol. The molecule has 0 fully saturated rings. The molecule has 0 unspecified atom stereocenters. The first kappa shape index (κ1) is 12.2. The molecule has 0 aliphatic heterocycles. The van der Waals surface area contributed by atoms with Crippen LogP contribution in [0.5, 0.6) is 5.75 Å². The summed E-state index contributed by atoms with van der Waals surface area (Å²) < 4.78 is 8.24. The van der Waals surface area contributed by atoms with Crippen LogP contribution in [0.3, 0.4) is 0 Å². The molecule has 5 heteroatoms. The molecule has 2 heterocycles. The van der Waals surface area contributed by atoms with E-state index in [2.05, 4.69) is 32.2 Å². The molecule has 0 bridgehead atoms. The van der Waals surface area contributed by atoms with E-state index in [1.54, 1.807) is 7.11 Å². The SMILES string of the molecule is COc1ccn2c(Cc3ccccc3Br)nnc2c1. The van der Waals surface area contributed by atoms with Gasteiger partial charge in [-0.2, -0.15) is 0 Å². The van der Waals surface area contributed by atoms with Crippen LogP contribution >= 0.6 is 15.9 Å². The zero-order chi connectivity index (χ0) is 13.2. The molecule has 4 nitrogen and oxygen atoms in total. The molecule has 0 saturated carbocycles. The number of nitrogens with zero attached hydrogens (tertiary/aromatic N) is 3. The predicted octanol–water partition coefficient (Wildman–Crippen LogP) is 3.09. The van der Waals surface area contributed by atoms with Gasteiger partial charge < -0.3 is 4.74 Å². The third kappa shape index (κ3) is 2.33. The molecule has 0 amide bonds. The number of benzene rings is 1. The Labute approximate surface area is 119 Å². The van der Waals surface area contributed by atoms with E-state index in [-0.39, 0.29) is 0 Å². The van der Waals surface area contributed by atoms with Crippen molar-refractivity contribution in [2.24, 2.45) is 0 Å². The van der Waals surface area contributed by atoms with Gasteiger partial charge in [0, 0.05) is 23.2 Å². The van der Waals surface area contributed by atoms with Gasteiger partial charge in [0.05, 0.1) is 7.11 Å².